The minimum atomic E-state index is -0.766. The highest BCUT2D eigenvalue weighted by Gasteiger charge is 2.29. The Morgan fingerprint density at radius 2 is 1.76 bits per heavy atom. The Kier molecular flexibility index (Phi) is 7.56. The molecule has 8 heteroatoms. The first-order chi connectivity index (χ1) is 16.3. The summed E-state index contributed by atoms with van der Waals surface area (Å²) in [6.07, 6.45) is 4.57. The van der Waals surface area contributed by atoms with Gasteiger partial charge in [-0.15, -0.1) is 0 Å². The van der Waals surface area contributed by atoms with Gasteiger partial charge in [0.25, 0.3) is 11.8 Å². The maximum Gasteiger partial charge on any atom is 0.254 e. The number of aromatic nitrogens is 1. The highest BCUT2D eigenvalue weighted by Crippen LogP contribution is 2.30. The molecule has 0 radical (unpaired) electrons. The molecule has 4 rings (SSSR count). The summed E-state index contributed by atoms with van der Waals surface area (Å²) in [5, 5.41) is 3.06. The van der Waals surface area contributed by atoms with Crippen LogP contribution in [0.5, 0.6) is 0 Å². The van der Waals surface area contributed by atoms with E-state index >= 15 is 0 Å². The zero-order valence-corrected chi connectivity index (χ0v) is 19.8. The second-order valence-corrected chi connectivity index (χ2v) is 9.43. The fourth-order valence-corrected chi connectivity index (χ4v) is 5.09. The molecule has 2 aliphatic heterocycles. The first-order valence-corrected chi connectivity index (χ1v) is 12.0. The van der Waals surface area contributed by atoms with Gasteiger partial charge in [0.1, 0.15) is 11.6 Å². The Morgan fingerprint density at radius 1 is 1.06 bits per heavy atom. The SMILES string of the molecule is Cc1ccc(C(=O)NCCC2CCCN2C)c(C2CCN(C(=O)c3cc(F)cc(F)c3)CC2)n1. The molecule has 2 aliphatic rings. The molecule has 6 nitrogen and oxygen atoms in total. The van der Waals surface area contributed by atoms with Gasteiger partial charge in [0.2, 0.25) is 0 Å². The summed E-state index contributed by atoms with van der Waals surface area (Å²) in [5.74, 6) is -1.99. The van der Waals surface area contributed by atoms with Crippen LogP contribution in [0.1, 0.15) is 70.1 Å². The molecule has 2 amide bonds. The molecule has 0 bridgehead atoms. The normalized spacial score (nSPS) is 19.4. The summed E-state index contributed by atoms with van der Waals surface area (Å²) in [6.45, 7) is 4.51. The Morgan fingerprint density at radius 3 is 2.41 bits per heavy atom. The van der Waals surface area contributed by atoms with Crippen LogP contribution in [0, 0.1) is 18.6 Å². The smallest absolute Gasteiger partial charge is 0.254 e. The van der Waals surface area contributed by atoms with Crippen LogP contribution in [0.25, 0.3) is 0 Å². The molecule has 2 saturated heterocycles. The molecule has 0 aliphatic carbocycles. The lowest BCUT2D eigenvalue weighted by atomic mass is 9.89. The van der Waals surface area contributed by atoms with Crippen molar-refractivity contribution >= 4 is 11.8 Å². The number of pyridine rings is 1. The van der Waals surface area contributed by atoms with Crippen LogP contribution in [0.2, 0.25) is 0 Å². The molecule has 34 heavy (non-hydrogen) atoms. The number of halogens is 2. The molecule has 2 fully saturated rings. The topological polar surface area (TPSA) is 65.5 Å². The second kappa shape index (κ2) is 10.6. The van der Waals surface area contributed by atoms with Crippen LogP contribution in [0.15, 0.2) is 30.3 Å². The molecule has 1 unspecified atom stereocenters. The minimum Gasteiger partial charge on any atom is -0.352 e. The molecule has 2 aromatic rings. The summed E-state index contributed by atoms with van der Waals surface area (Å²) in [6, 6.07) is 7.08. The van der Waals surface area contributed by atoms with E-state index in [9.17, 15) is 18.4 Å². The molecule has 1 aromatic heterocycles. The van der Waals surface area contributed by atoms with E-state index in [0.717, 1.165) is 42.6 Å². The molecule has 0 spiro atoms. The second-order valence-electron chi connectivity index (χ2n) is 9.43. The third-order valence-corrected chi connectivity index (χ3v) is 7.02. The Bertz CT molecular complexity index is 1030. The van der Waals surface area contributed by atoms with Crippen LogP contribution in [0.4, 0.5) is 8.78 Å². The predicted molar refractivity (Wildman–Crippen MR) is 126 cm³/mol. The number of amides is 2. The van der Waals surface area contributed by atoms with E-state index in [1.807, 2.05) is 19.1 Å². The van der Waals surface area contributed by atoms with E-state index in [-0.39, 0.29) is 23.3 Å². The predicted octanol–water partition coefficient (Wildman–Crippen LogP) is 3.90. The summed E-state index contributed by atoms with van der Waals surface area (Å²) >= 11 is 0. The molecule has 1 atom stereocenters. The Hall–Kier alpha value is -2.87. The van der Waals surface area contributed by atoms with E-state index in [0.29, 0.717) is 44.1 Å². The molecule has 0 saturated carbocycles. The number of rotatable bonds is 6. The van der Waals surface area contributed by atoms with Gasteiger partial charge in [-0.05, 0) is 76.9 Å². The summed E-state index contributed by atoms with van der Waals surface area (Å²) in [7, 11) is 2.13. The molecular formula is C26H32F2N4O2. The first kappa shape index (κ1) is 24.3. The van der Waals surface area contributed by atoms with Crippen LogP contribution >= 0.6 is 0 Å². The monoisotopic (exact) mass is 470 g/mol. The average molecular weight is 471 g/mol. The highest BCUT2D eigenvalue weighted by molar-refractivity contribution is 5.96. The van der Waals surface area contributed by atoms with Gasteiger partial charge in [-0.3, -0.25) is 14.6 Å². The van der Waals surface area contributed by atoms with Crippen molar-refractivity contribution in [3.05, 3.63) is 64.5 Å². The van der Waals surface area contributed by atoms with Crippen molar-refractivity contribution in [3.63, 3.8) is 0 Å². The van der Waals surface area contributed by atoms with E-state index < -0.39 is 11.6 Å². The van der Waals surface area contributed by atoms with E-state index in [2.05, 4.69) is 17.3 Å². The van der Waals surface area contributed by atoms with Gasteiger partial charge in [-0.2, -0.15) is 0 Å². The zero-order chi connectivity index (χ0) is 24.2. The molecule has 1 N–H and O–H groups in total. The zero-order valence-electron chi connectivity index (χ0n) is 19.8. The fourth-order valence-electron chi connectivity index (χ4n) is 5.09. The number of hydrogen-bond donors (Lipinski definition) is 1. The minimum absolute atomic E-state index is 0.0117. The van der Waals surface area contributed by atoms with Gasteiger partial charge in [-0.1, -0.05) is 0 Å². The summed E-state index contributed by atoms with van der Waals surface area (Å²) in [5.41, 5.74) is 2.20. The molecule has 3 heterocycles. The quantitative estimate of drug-likeness (QED) is 0.696. The molecular weight excluding hydrogens is 438 g/mol. The van der Waals surface area contributed by atoms with Crippen molar-refractivity contribution in [3.8, 4) is 0 Å². The lowest BCUT2D eigenvalue weighted by Crippen LogP contribution is -2.38. The Balaban J connectivity index is 1.39. The van der Waals surface area contributed by atoms with Crippen molar-refractivity contribution < 1.29 is 18.4 Å². The Labute approximate surface area is 199 Å². The highest BCUT2D eigenvalue weighted by atomic mass is 19.1. The van der Waals surface area contributed by atoms with E-state index in [4.69, 9.17) is 4.98 Å². The number of aryl methyl sites for hydroxylation is 1. The van der Waals surface area contributed by atoms with Crippen LogP contribution in [-0.4, -0.2) is 65.9 Å². The van der Waals surface area contributed by atoms with Crippen molar-refractivity contribution in [2.45, 2.75) is 51.0 Å². The summed E-state index contributed by atoms with van der Waals surface area (Å²) < 4.78 is 27.1. The standard InChI is InChI=1S/C26H32F2N4O2/c1-17-5-6-23(25(33)29-10-7-22-4-3-11-31(22)2)24(30-17)18-8-12-32(13-9-18)26(34)19-14-20(27)16-21(28)15-19/h5-6,14-16,18,22H,3-4,7-13H2,1-2H3,(H,29,33). The van der Waals surface area contributed by atoms with E-state index in [1.54, 1.807) is 4.90 Å². The van der Waals surface area contributed by atoms with Crippen molar-refractivity contribution in [1.29, 1.82) is 0 Å². The van der Waals surface area contributed by atoms with Crippen LogP contribution in [-0.2, 0) is 0 Å². The van der Waals surface area contributed by atoms with Gasteiger partial charge < -0.3 is 15.1 Å². The number of nitrogens with zero attached hydrogens (tertiary/aromatic N) is 3. The number of hydrogen-bond acceptors (Lipinski definition) is 4. The third-order valence-electron chi connectivity index (χ3n) is 7.02. The number of likely N-dealkylation sites (tertiary alicyclic amines) is 2. The van der Waals surface area contributed by atoms with Gasteiger partial charge >= 0.3 is 0 Å². The number of nitrogens with one attached hydrogen (secondary N) is 1. The number of carbonyl (C=O) groups is 2. The van der Waals surface area contributed by atoms with E-state index in [1.165, 1.54) is 12.8 Å². The molecule has 182 valence electrons. The number of benzene rings is 1. The largest absolute Gasteiger partial charge is 0.352 e. The van der Waals surface area contributed by atoms with Gasteiger partial charge in [-0.25, -0.2) is 8.78 Å². The number of carbonyl (C=O) groups excluding carboxylic acids is 2. The first-order valence-electron chi connectivity index (χ1n) is 12.0. The van der Waals surface area contributed by atoms with Gasteiger partial charge in [0.05, 0.1) is 11.3 Å². The molecule has 1 aromatic carbocycles. The lowest BCUT2D eigenvalue weighted by Gasteiger charge is -2.32. The fraction of sp³-hybridized carbons (Fsp3) is 0.500. The van der Waals surface area contributed by atoms with Crippen LogP contribution < -0.4 is 5.32 Å². The van der Waals surface area contributed by atoms with Gasteiger partial charge in [0, 0.05) is 48.9 Å². The third kappa shape index (κ3) is 5.60. The summed E-state index contributed by atoms with van der Waals surface area (Å²) in [4.78, 5) is 34.4. The average Bonchev–Trinajstić information content (AvgIpc) is 3.22. The number of piperidine rings is 1. The van der Waals surface area contributed by atoms with Gasteiger partial charge in [0.15, 0.2) is 0 Å². The van der Waals surface area contributed by atoms with Crippen molar-refractivity contribution in [1.82, 2.24) is 20.1 Å². The maximum atomic E-state index is 13.5. The van der Waals surface area contributed by atoms with Crippen molar-refractivity contribution in [2.75, 3.05) is 33.2 Å². The lowest BCUT2D eigenvalue weighted by molar-refractivity contribution is 0.0709. The van der Waals surface area contributed by atoms with Crippen molar-refractivity contribution in [2.24, 2.45) is 0 Å². The van der Waals surface area contributed by atoms with Crippen LogP contribution in [0.3, 0.4) is 0 Å². The maximum absolute atomic E-state index is 13.5.